The number of ether oxygens (including phenoxy) is 2. The van der Waals surface area contributed by atoms with Gasteiger partial charge in [-0.1, -0.05) is 18.2 Å². The van der Waals surface area contributed by atoms with Crippen LogP contribution in [0, 0.1) is 0 Å². The molecule has 2 aromatic rings. The van der Waals surface area contributed by atoms with Crippen molar-refractivity contribution in [2.45, 2.75) is 32.7 Å². The molecule has 0 radical (unpaired) electrons. The first-order valence-electron chi connectivity index (χ1n) is 9.64. The summed E-state index contributed by atoms with van der Waals surface area (Å²) in [4.78, 5) is 24.2. The Morgan fingerprint density at radius 3 is 2.43 bits per heavy atom. The highest BCUT2D eigenvalue weighted by Gasteiger charge is 2.43. The zero-order chi connectivity index (χ0) is 19.8. The van der Waals surface area contributed by atoms with Crippen LogP contribution in [0.1, 0.15) is 31.7 Å². The molecule has 6 heteroatoms. The molecule has 1 heterocycles. The van der Waals surface area contributed by atoms with Crippen LogP contribution in [0.4, 0.5) is 0 Å². The average molecular weight is 401 g/mol. The van der Waals surface area contributed by atoms with E-state index in [1.807, 2.05) is 54.6 Å². The Balaban J connectivity index is 1.62. The number of hydrogen-bond acceptors (Lipinski definition) is 5. The van der Waals surface area contributed by atoms with Crippen LogP contribution >= 0.6 is 11.9 Å². The summed E-state index contributed by atoms with van der Waals surface area (Å²) in [6.07, 6.45) is 1.82. The van der Waals surface area contributed by atoms with Crippen molar-refractivity contribution in [1.82, 2.24) is 0 Å². The second kappa shape index (κ2) is 9.75. The molecule has 1 aliphatic heterocycles. The van der Waals surface area contributed by atoms with E-state index in [9.17, 15) is 9.59 Å². The third-order valence-corrected chi connectivity index (χ3v) is 6.05. The summed E-state index contributed by atoms with van der Waals surface area (Å²) in [5, 5.41) is 0. The summed E-state index contributed by atoms with van der Waals surface area (Å²) in [6, 6.07) is 17.5. The molecule has 28 heavy (non-hydrogen) atoms. The van der Waals surface area contributed by atoms with Gasteiger partial charge >= 0.3 is 11.9 Å². The van der Waals surface area contributed by atoms with Gasteiger partial charge in [0, 0.05) is 12.0 Å². The highest BCUT2D eigenvalue weighted by atomic mass is 32.2. The van der Waals surface area contributed by atoms with Crippen molar-refractivity contribution in [3.63, 3.8) is 0 Å². The molecule has 1 aliphatic rings. The van der Waals surface area contributed by atoms with E-state index in [1.165, 1.54) is 0 Å². The van der Waals surface area contributed by atoms with Crippen LogP contribution < -0.4 is 4.74 Å². The van der Waals surface area contributed by atoms with E-state index in [0.29, 0.717) is 35.6 Å². The minimum atomic E-state index is -0.206. The summed E-state index contributed by atoms with van der Waals surface area (Å²) in [5.74, 6) is 2.17. The lowest BCUT2D eigenvalue weighted by Gasteiger charge is -2.28. The van der Waals surface area contributed by atoms with E-state index in [-0.39, 0.29) is 11.9 Å². The number of nitrogens with zero attached hydrogens (tertiary/aromatic N) is 1. The molecular weight excluding hydrogens is 374 g/mol. The van der Waals surface area contributed by atoms with Crippen molar-refractivity contribution < 1.29 is 23.0 Å². The second-order valence-corrected chi connectivity index (χ2v) is 8.08. The maximum Gasteiger partial charge on any atom is 0.325 e. The number of hydrogen-bond donors (Lipinski definition) is 0. The Labute approximate surface area is 170 Å². The Morgan fingerprint density at radius 1 is 1.07 bits per heavy atom. The number of benzene rings is 2. The topological polar surface area (TPSA) is 52.6 Å². The predicted octanol–water partition coefficient (Wildman–Crippen LogP) is 4.72. The number of amides is 1. The van der Waals surface area contributed by atoms with Gasteiger partial charge in [0.05, 0.1) is 43.7 Å². The van der Waals surface area contributed by atoms with Crippen LogP contribution in [0.5, 0.6) is 11.5 Å². The third-order valence-electron chi connectivity index (χ3n) is 4.65. The molecule has 1 fully saturated rings. The van der Waals surface area contributed by atoms with E-state index >= 15 is 0 Å². The number of likely N-dealkylation sites (tertiary alicyclic amines) is 1. The standard InChI is InChI=1S/C22H26NO4S/c1-2-26-22(25)14-16-28-23(15-6-9-21(23)24)17-18-10-12-20(13-11-18)27-19-7-4-3-5-8-19/h3-5,7-8,10-13H,2,6,9,14-17H2,1H3/q+1. The smallest absolute Gasteiger partial charge is 0.325 e. The zero-order valence-electron chi connectivity index (χ0n) is 16.1. The van der Waals surface area contributed by atoms with Gasteiger partial charge in [-0.25, -0.2) is 4.79 Å². The summed E-state index contributed by atoms with van der Waals surface area (Å²) in [6.45, 7) is 3.61. The first kappa shape index (κ1) is 20.4. The first-order valence-corrected chi connectivity index (χ1v) is 10.6. The normalized spacial score (nSPS) is 18.8. The highest BCUT2D eigenvalue weighted by molar-refractivity contribution is 7.94. The molecule has 0 aromatic heterocycles. The fourth-order valence-corrected chi connectivity index (χ4v) is 4.62. The molecule has 5 nitrogen and oxygen atoms in total. The Morgan fingerprint density at radius 2 is 1.79 bits per heavy atom. The minimum Gasteiger partial charge on any atom is -0.466 e. The Bertz CT molecular complexity index is 794. The van der Waals surface area contributed by atoms with Crippen molar-refractivity contribution in [2.75, 3.05) is 18.9 Å². The van der Waals surface area contributed by atoms with E-state index in [0.717, 1.165) is 30.0 Å². The molecule has 3 rings (SSSR count). The number of carbonyl (C=O) groups excluding carboxylic acids is 2. The van der Waals surface area contributed by atoms with Gasteiger partial charge in [-0.3, -0.25) is 4.79 Å². The van der Waals surface area contributed by atoms with Gasteiger partial charge in [-0.2, -0.15) is 3.89 Å². The predicted molar refractivity (Wildman–Crippen MR) is 110 cm³/mol. The van der Waals surface area contributed by atoms with E-state index in [4.69, 9.17) is 9.47 Å². The summed E-state index contributed by atoms with van der Waals surface area (Å²) in [5.41, 5.74) is 1.08. The van der Waals surface area contributed by atoms with Gasteiger partial charge in [0.15, 0.2) is 0 Å². The SMILES string of the molecule is CCOC(=O)CCS[N+]1(Cc2ccc(Oc3ccccc3)cc2)CCCC1=O. The average Bonchev–Trinajstić information content (AvgIpc) is 3.05. The molecular formula is C22H26NO4S+. The maximum absolute atomic E-state index is 12.6. The fraction of sp³-hybridized carbons (Fsp3) is 0.364. The van der Waals surface area contributed by atoms with Gasteiger partial charge in [0.25, 0.3) is 0 Å². The van der Waals surface area contributed by atoms with Crippen LogP contribution in [0.2, 0.25) is 0 Å². The van der Waals surface area contributed by atoms with E-state index in [2.05, 4.69) is 0 Å². The molecule has 0 aliphatic carbocycles. The third kappa shape index (κ3) is 5.36. The molecule has 0 saturated carbocycles. The lowest BCUT2D eigenvalue weighted by Crippen LogP contribution is -2.41. The molecule has 1 amide bonds. The maximum atomic E-state index is 12.6. The van der Waals surface area contributed by atoms with Crippen molar-refractivity contribution >= 4 is 23.8 Å². The zero-order valence-corrected chi connectivity index (χ0v) is 17.0. The second-order valence-electron chi connectivity index (χ2n) is 6.72. The summed E-state index contributed by atoms with van der Waals surface area (Å²) in [7, 11) is 0. The van der Waals surface area contributed by atoms with E-state index in [1.54, 1.807) is 18.9 Å². The molecule has 1 saturated heterocycles. The molecule has 148 valence electrons. The van der Waals surface area contributed by atoms with Gasteiger partial charge in [-0.15, -0.1) is 0 Å². The van der Waals surface area contributed by atoms with Crippen molar-refractivity contribution in [3.8, 4) is 11.5 Å². The van der Waals surface area contributed by atoms with Crippen LogP contribution in [0.25, 0.3) is 0 Å². The molecule has 1 atom stereocenters. The summed E-state index contributed by atoms with van der Waals surface area (Å²) >= 11 is 1.55. The molecule has 0 N–H and O–H groups in total. The molecule has 0 bridgehead atoms. The number of carbonyl (C=O) groups is 2. The summed E-state index contributed by atoms with van der Waals surface area (Å²) < 4.78 is 11.2. The Kier molecular flexibility index (Phi) is 7.12. The van der Waals surface area contributed by atoms with Gasteiger partial charge < -0.3 is 9.47 Å². The highest BCUT2D eigenvalue weighted by Crippen LogP contribution is 2.35. The molecule has 2 aromatic carbocycles. The first-order chi connectivity index (χ1) is 13.6. The Hall–Kier alpha value is -2.31. The van der Waals surface area contributed by atoms with Gasteiger partial charge in [0.2, 0.25) is 0 Å². The van der Waals surface area contributed by atoms with Crippen LogP contribution in [0.15, 0.2) is 54.6 Å². The largest absolute Gasteiger partial charge is 0.466 e. The molecule has 0 spiro atoms. The quantitative estimate of drug-likeness (QED) is 0.346. The van der Waals surface area contributed by atoms with Crippen LogP contribution in [0.3, 0.4) is 0 Å². The van der Waals surface area contributed by atoms with Crippen LogP contribution in [-0.2, 0) is 20.9 Å². The van der Waals surface area contributed by atoms with E-state index < -0.39 is 0 Å². The van der Waals surface area contributed by atoms with Crippen molar-refractivity contribution in [1.29, 1.82) is 0 Å². The number of rotatable bonds is 9. The number of quaternary nitrogens is 1. The lowest BCUT2D eigenvalue weighted by molar-refractivity contribution is -0.721. The lowest BCUT2D eigenvalue weighted by atomic mass is 10.2. The van der Waals surface area contributed by atoms with Crippen molar-refractivity contribution in [2.24, 2.45) is 0 Å². The number of para-hydroxylation sites is 1. The number of esters is 1. The van der Waals surface area contributed by atoms with Crippen LogP contribution in [-0.4, -0.2) is 34.7 Å². The minimum absolute atomic E-state index is 0.206. The van der Waals surface area contributed by atoms with Gasteiger partial charge in [0.1, 0.15) is 18.0 Å². The molecule has 1 unspecified atom stereocenters. The fourth-order valence-electron chi connectivity index (χ4n) is 3.28. The monoisotopic (exact) mass is 400 g/mol. The van der Waals surface area contributed by atoms with Gasteiger partial charge in [-0.05, 0) is 43.3 Å². The van der Waals surface area contributed by atoms with Crippen molar-refractivity contribution in [3.05, 3.63) is 60.2 Å².